The van der Waals surface area contributed by atoms with Crippen molar-refractivity contribution in [2.75, 3.05) is 31.1 Å². The topological polar surface area (TPSA) is 92.8 Å². The highest BCUT2D eigenvalue weighted by Gasteiger charge is 2.20. The molecule has 1 heterocycles. The number of piperazine rings is 1. The fourth-order valence-electron chi connectivity index (χ4n) is 3.23. The summed E-state index contributed by atoms with van der Waals surface area (Å²) in [6.45, 7) is 5.76. The van der Waals surface area contributed by atoms with Gasteiger partial charge in [-0.15, -0.1) is 0 Å². The maximum absolute atomic E-state index is 11.1. The lowest BCUT2D eigenvalue weighted by molar-refractivity contribution is -0.385. The second kappa shape index (κ2) is 7.49. The number of rotatable bonds is 5. The van der Waals surface area contributed by atoms with Gasteiger partial charge in [-0.1, -0.05) is 12.1 Å². The summed E-state index contributed by atoms with van der Waals surface area (Å²) in [4.78, 5) is 25.5. The van der Waals surface area contributed by atoms with E-state index >= 15 is 0 Å². The van der Waals surface area contributed by atoms with Gasteiger partial charge >= 0.3 is 0 Å². The van der Waals surface area contributed by atoms with Crippen LogP contribution < -0.4 is 4.90 Å². The molecule has 2 aromatic rings. The van der Waals surface area contributed by atoms with E-state index in [4.69, 9.17) is 0 Å². The quantitative estimate of drug-likeness (QED) is 0.603. The second-order valence-electron chi connectivity index (χ2n) is 6.36. The van der Waals surface area contributed by atoms with E-state index in [1.54, 1.807) is 25.1 Å². The molecule has 8 heteroatoms. The van der Waals surface area contributed by atoms with Crippen LogP contribution in [0.2, 0.25) is 0 Å². The third kappa shape index (κ3) is 3.80. The Morgan fingerprint density at radius 2 is 1.58 bits per heavy atom. The van der Waals surface area contributed by atoms with Crippen molar-refractivity contribution in [3.63, 3.8) is 0 Å². The van der Waals surface area contributed by atoms with Crippen LogP contribution in [0.3, 0.4) is 0 Å². The molecule has 0 N–H and O–H groups in total. The molecule has 0 amide bonds. The second-order valence-corrected chi connectivity index (χ2v) is 6.36. The number of hydrogen-bond acceptors (Lipinski definition) is 6. The molecule has 26 heavy (non-hydrogen) atoms. The van der Waals surface area contributed by atoms with Crippen LogP contribution in [-0.2, 0) is 6.54 Å². The van der Waals surface area contributed by atoms with Gasteiger partial charge in [0.25, 0.3) is 11.4 Å². The van der Waals surface area contributed by atoms with Crippen molar-refractivity contribution in [2.45, 2.75) is 13.5 Å². The molecule has 0 spiro atoms. The van der Waals surface area contributed by atoms with Crippen molar-refractivity contribution < 1.29 is 9.85 Å². The van der Waals surface area contributed by atoms with E-state index in [-0.39, 0.29) is 16.3 Å². The maximum atomic E-state index is 11.1. The van der Waals surface area contributed by atoms with Gasteiger partial charge in [0.05, 0.1) is 9.85 Å². The van der Waals surface area contributed by atoms with Crippen molar-refractivity contribution in [2.24, 2.45) is 0 Å². The minimum atomic E-state index is -0.400. The largest absolute Gasteiger partial charge is 0.369 e. The first-order chi connectivity index (χ1) is 12.5. The van der Waals surface area contributed by atoms with Crippen LogP contribution in [0.25, 0.3) is 0 Å². The molecule has 2 aromatic carbocycles. The van der Waals surface area contributed by atoms with Gasteiger partial charge in [-0.2, -0.15) is 0 Å². The smallest absolute Gasteiger partial charge is 0.272 e. The van der Waals surface area contributed by atoms with Gasteiger partial charge in [0.15, 0.2) is 0 Å². The van der Waals surface area contributed by atoms with E-state index in [2.05, 4.69) is 9.80 Å². The van der Waals surface area contributed by atoms with E-state index < -0.39 is 4.92 Å². The SMILES string of the molecule is Cc1c(CN2CCN(c3ccc([N+](=O)[O-])cc3)CC2)cccc1[N+](=O)[O-]. The van der Waals surface area contributed by atoms with Crippen LogP contribution in [-0.4, -0.2) is 40.9 Å². The molecule has 0 unspecified atom stereocenters. The van der Waals surface area contributed by atoms with Crippen LogP contribution in [0.5, 0.6) is 0 Å². The highest BCUT2D eigenvalue weighted by Crippen LogP contribution is 2.24. The summed E-state index contributed by atoms with van der Waals surface area (Å²) in [6.07, 6.45) is 0. The Kier molecular flexibility index (Phi) is 5.13. The lowest BCUT2D eigenvalue weighted by Gasteiger charge is -2.36. The number of benzene rings is 2. The third-order valence-corrected chi connectivity index (χ3v) is 4.81. The molecule has 0 aliphatic carbocycles. The summed E-state index contributed by atoms with van der Waals surface area (Å²) in [5.41, 5.74) is 2.92. The Morgan fingerprint density at radius 1 is 0.923 bits per heavy atom. The Bertz CT molecular complexity index is 814. The van der Waals surface area contributed by atoms with Crippen molar-refractivity contribution in [3.05, 3.63) is 73.8 Å². The molecule has 1 aliphatic rings. The summed E-state index contributed by atoms with van der Waals surface area (Å²) in [5.74, 6) is 0. The molecule has 1 aliphatic heterocycles. The molecule has 3 rings (SSSR count). The summed E-state index contributed by atoms with van der Waals surface area (Å²) < 4.78 is 0. The zero-order chi connectivity index (χ0) is 18.7. The number of nitrogens with zero attached hydrogens (tertiary/aromatic N) is 4. The molecule has 0 aromatic heterocycles. The van der Waals surface area contributed by atoms with Crippen LogP contribution in [0.1, 0.15) is 11.1 Å². The van der Waals surface area contributed by atoms with E-state index in [1.165, 1.54) is 18.2 Å². The molecule has 136 valence electrons. The van der Waals surface area contributed by atoms with Gasteiger partial charge < -0.3 is 4.90 Å². The summed E-state index contributed by atoms with van der Waals surface area (Å²) in [5, 5.41) is 21.8. The first kappa shape index (κ1) is 17.8. The van der Waals surface area contributed by atoms with Gasteiger partial charge in [0.1, 0.15) is 0 Å². The number of non-ortho nitro benzene ring substituents is 1. The highest BCUT2D eigenvalue weighted by atomic mass is 16.6. The van der Waals surface area contributed by atoms with Gasteiger partial charge in [-0.05, 0) is 24.6 Å². The van der Waals surface area contributed by atoms with Crippen molar-refractivity contribution >= 4 is 17.1 Å². The Labute approximate surface area is 150 Å². The fraction of sp³-hybridized carbons (Fsp3) is 0.333. The monoisotopic (exact) mass is 356 g/mol. The van der Waals surface area contributed by atoms with Gasteiger partial charge in [-0.25, -0.2) is 0 Å². The summed E-state index contributed by atoms with van der Waals surface area (Å²) >= 11 is 0. The van der Waals surface area contributed by atoms with E-state index in [0.717, 1.165) is 43.0 Å². The molecule has 8 nitrogen and oxygen atoms in total. The highest BCUT2D eigenvalue weighted by molar-refractivity contribution is 5.51. The first-order valence-corrected chi connectivity index (χ1v) is 8.40. The minimum Gasteiger partial charge on any atom is -0.369 e. The van der Waals surface area contributed by atoms with Gasteiger partial charge in [0.2, 0.25) is 0 Å². The number of nitro benzene ring substituents is 2. The minimum absolute atomic E-state index is 0.0912. The average molecular weight is 356 g/mol. The number of hydrogen-bond donors (Lipinski definition) is 0. The molecular formula is C18H20N4O4. The maximum Gasteiger partial charge on any atom is 0.272 e. The number of nitro groups is 2. The molecule has 0 bridgehead atoms. The molecule has 1 saturated heterocycles. The van der Waals surface area contributed by atoms with Crippen molar-refractivity contribution in [1.29, 1.82) is 0 Å². The predicted molar refractivity (Wildman–Crippen MR) is 98.4 cm³/mol. The van der Waals surface area contributed by atoms with Crippen LogP contribution in [0.15, 0.2) is 42.5 Å². The standard InChI is InChI=1S/C18H20N4O4/c1-14-15(3-2-4-18(14)22(25)26)13-19-9-11-20(12-10-19)16-5-7-17(8-6-16)21(23)24/h2-8H,9-13H2,1H3. The van der Waals surface area contributed by atoms with Crippen molar-refractivity contribution in [3.8, 4) is 0 Å². The molecule has 1 fully saturated rings. The normalized spacial score (nSPS) is 15.0. The Balaban J connectivity index is 1.61. The first-order valence-electron chi connectivity index (χ1n) is 8.40. The summed E-state index contributed by atoms with van der Waals surface area (Å²) in [7, 11) is 0. The molecular weight excluding hydrogens is 336 g/mol. The number of anilines is 1. The third-order valence-electron chi connectivity index (χ3n) is 4.81. The molecule has 0 saturated carbocycles. The fourth-order valence-corrected chi connectivity index (χ4v) is 3.23. The molecule has 0 atom stereocenters. The van der Waals surface area contributed by atoms with Gasteiger partial charge in [0, 0.05) is 62.2 Å². The lowest BCUT2D eigenvalue weighted by atomic mass is 10.1. The summed E-state index contributed by atoms with van der Waals surface area (Å²) in [6, 6.07) is 11.8. The van der Waals surface area contributed by atoms with Crippen LogP contribution in [0, 0.1) is 27.2 Å². The van der Waals surface area contributed by atoms with E-state index in [9.17, 15) is 20.2 Å². The Hall–Kier alpha value is -3.00. The molecule has 0 radical (unpaired) electrons. The van der Waals surface area contributed by atoms with Gasteiger partial charge in [-0.3, -0.25) is 25.1 Å². The van der Waals surface area contributed by atoms with E-state index in [0.29, 0.717) is 6.54 Å². The lowest BCUT2D eigenvalue weighted by Crippen LogP contribution is -2.46. The van der Waals surface area contributed by atoms with Crippen molar-refractivity contribution in [1.82, 2.24) is 4.90 Å². The Morgan fingerprint density at radius 3 is 2.15 bits per heavy atom. The van der Waals surface area contributed by atoms with Crippen LogP contribution in [0.4, 0.5) is 17.1 Å². The zero-order valence-electron chi connectivity index (χ0n) is 14.5. The van der Waals surface area contributed by atoms with E-state index in [1.807, 2.05) is 6.07 Å². The van der Waals surface area contributed by atoms with Crippen LogP contribution >= 0.6 is 0 Å². The predicted octanol–water partition coefficient (Wildman–Crippen LogP) is 3.13. The zero-order valence-corrected chi connectivity index (χ0v) is 14.5. The average Bonchev–Trinajstić information content (AvgIpc) is 2.64.